The van der Waals surface area contributed by atoms with E-state index in [9.17, 15) is 4.39 Å². The van der Waals surface area contributed by atoms with Crippen LogP contribution >= 0.6 is 0 Å². The van der Waals surface area contributed by atoms with Crippen molar-refractivity contribution in [3.63, 3.8) is 0 Å². The van der Waals surface area contributed by atoms with Crippen molar-refractivity contribution in [2.75, 3.05) is 18.0 Å². The number of halogens is 1. The molecule has 0 saturated heterocycles. The highest BCUT2D eigenvalue weighted by Crippen LogP contribution is 2.22. The first-order chi connectivity index (χ1) is 6.81. The molecular formula is C11H9FN2. The standard InChI is InChI=1S/C11H9FN2/c12-10-3-4-11(9(7-10)8-13)14-5-1-2-6-14/h1-4,7H,5-6H2. The Labute approximate surface area is 81.9 Å². The molecule has 2 nitrogen and oxygen atoms in total. The van der Waals surface area contributed by atoms with Crippen LogP contribution in [0.3, 0.4) is 0 Å². The second-order valence-electron chi connectivity index (χ2n) is 3.15. The molecule has 0 atom stereocenters. The van der Waals surface area contributed by atoms with Gasteiger partial charge >= 0.3 is 0 Å². The fourth-order valence-electron chi connectivity index (χ4n) is 1.55. The number of rotatable bonds is 1. The summed E-state index contributed by atoms with van der Waals surface area (Å²) in [6.45, 7) is 1.58. The van der Waals surface area contributed by atoms with Crippen LogP contribution in [0.4, 0.5) is 10.1 Å². The molecule has 70 valence electrons. The highest BCUT2D eigenvalue weighted by molar-refractivity contribution is 5.60. The van der Waals surface area contributed by atoms with E-state index in [2.05, 4.69) is 0 Å². The maximum Gasteiger partial charge on any atom is 0.124 e. The largest absolute Gasteiger partial charge is 0.363 e. The summed E-state index contributed by atoms with van der Waals surface area (Å²) in [5.41, 5.74) is 1.20. The van der Waals surface area contributed by atoms with Gasteiger partial charge in [-0.2, -0.15) is 5.26 Å². The van der Waals surface area contributed by atoms with Gasteiger partial charge in [0.25, 0.3) is 0 Å². The van der Waals surface area contributed by atoms with Crippen molar-refractivity contribution in [1.29, 1.82) is 5.26 Å². The van der Waals surface area contributed by atoms with E-state index in [1.807, 2.05) is 23.1 Å². The third-order valence-electron chi connectivity index (χ3n) is 2.24. The van der Waals surface area contributed by atoms with Gasteiger partial charge in [-0.25, -0.2) is 4.39 Å². The minimum absolute atomic E-state index is 0.363. The first-order valence-electron chi connectivity index (χ1n) is 4.41. The smallest absolute Gasteiger partial charge is 0.124 e. The van der Waals surface area contributed by atoms with Gasteiger partial charge in [-0.3, -0.25) is 0 Å². The zero-order chi connectivity index (χ0) is 9.97. The van der Waals surface area contributed by atoms with Gasteiger partial charge in [0.05, 0.1) is 11.3 Å². The van der Waals surface area contributed by atoms with E-state index in [1.165, 1.54) is 12.1 Å². The first kappa shape index (κ1) is 8.76. The van der Waals surface area contributed by atoms with Crippen molar-refractivity contribution in [3.8, 4) is 6.07 Å². The van der Waals surface area contributed by atoms with Crippen LogP contribution < -0.4 is 4.90 Å². The number of hydrogen-bond acceptors (Lipinski definition) is 2. The number of anilines is 1. The van der Waals surface area contributed by atoms with Crippen LogP contribution in [-0.4, -0.2) is 13.1 Å². The van der Waals surface area contributed by atoms with Crippen molar-refractivity contribution in [1.82, 2.24) is 0 Å². The van der Waals surface area contributed by atoms with Gasteiger partial charge in [-0.1, -0.05) is 12.2 Å². The Morgan fingerprint density at radius 2 is 2.00 bits per heavy atom. The Bertz CT molecular complexity index is 410. The van der Waals surface area contributed by atoms with Crippen molar-refractivity contribution < 1.29 is 4.39 Å². The molecule has 0 fully saturated rings. The summed E-state index contributed by atoms with van der Waals surface area (Å²) in [6.07, 6.45) is 4.06. The number of benzene rings is 1. The SMILES string of the molecule is N#Cc1cc(F)ccc1N1CC=CC1. The molecule has 0 unspecified atom stereocenters. The molecule has 3 heteroatoms. The van der Waals surface area contributed by atoms with Gasteiger partial charge in [0, 0.05) is 13.1 Å². The normalized spacial score (nSPS) is 14.4. The Kier molecular flexibility index (Phi) is 2.19. The molecular weight excluding hydrogens is 179 g/mol. The van der Waals surface area contributed by atoms with Crippen LogP contribution in [0.5, 0.6) is 0 Å². The van der Waals surface area contributed by atoms with Gasteiger partial charge in [-0.15, -0.1) is 0 Å². The van der Waals surface area contributed by atoms with Crippen LogP contribution in [0.25, 0.3) is 0 Å². The Morgan fingerprint density at radius 3 is 2.64 bits per heavy atom. The summed E-state index contributed by atoms with van der Waals surface area (Å²) < 4.78 is 12.8. The molecule has 0 amide bonds. The van der Waals surface area contributed by atoms with E-state index in [0.717, 1.165) is 18.8 Å². The Balaban J connectivity index is 2.38. The summed E-state index contributed by atoms with van der Waals surface area (Å²) in [6, 6.07) is 6.31. The summed E-state index contributed by atoms with van der Waals surface area (Å²) in [5.74, 6) is -0.363. The third-order valence-corrected chi connectivity index (χ3v) is 2.24. The average molecular weight is 188 g/mol. The lowest BCUT2D eigenvalue weighted by Crippen LogP contribution is -2.19. The molecule has 1 heterocycles. The molecule has 0 bridgehead atoms. The summed E-state index contributed by atoms with van der Waals surface area (Å²) in [7, 11) is 0. The van der Waals surface area contributed by atoms with Crippen LogP contribution in [0, 0.1) is 17.1 Å². The van der Waals surface area contributed by atoms with E-state index < -0.39 is 0 Å². The van der Waals surface area contributed by atoms with Crippen molar-refractivity contribution in [2.45, 2.75) is 0 Å². The lowest BCUT2D eigenvalue weighted by Gasteiger charge is -2.18. The molecule has 1 aromatic carbocycles. The molecule has 1 aliphatic rings. The average Bonchev–Trinajstić information content (AvgIpc) is 2.70. The van der Waals surface area contributed by atoms with Gasteiger partial charge < -0.3 is 4.90 Å². The monoisotopic (exact) mass is 188 g/mol. The second-order valence-corrected chi connectivity index (χ2v) is 3.15. The third kappa shape index (κ3) is 1.47. The van der Waals surface area contributed by atoms with Crippen LogP contribution in [0.1, 0.15) is 5.56 Å². The fraction of sp³-hybridized carbons (Fsp3) is 0.182. The zero-order valence-electron chi connectivity index (χ0n) is 7.57. The lowest BCUT2D eigenvalue weighted by atomic mass is 10.1. The Morgan fingerprint density at radius 1 is 1.29 bits per heavy atom. The van der Waals surface area contributed by atoms with Crippen molar-refractivity contribution >= 4 is 5.69 Å². The molecule has 2 rings (SSSR count). The second kappa shape index (κ2) is 3.51. The highest BCUT2D eigenvalue weighted by Gasteiger charge is 2.12. The van der Waals surface area contributed by atoms with Crippen molar-refractivity contribution in [3.05, 3.63) is 41.7 Å². The molecule has 0 aromatic heterocycles. The fourth-order valence-corrected chi connectivity index (χ4v) is 1.55. The van der Waals surface area contributed by atoms with E-state index in [0.29, 0.717) is 5.56 Å². The maximum absolute atomic E-state index is 12.8. The predicted octanol–water partition coefficient (Wildman–Crippen LogP) is 2.07. The van der Waals surface area contributed by atoms with Crippen LogP contribution in [-0.2, 0) is 0 Å². The van der Waals surface area contributed by atoms with Gasteiger partial charge in [-0.05, 0) is 18.2 Å². The number of nitrogens with zero attached hydrogens (tertiary/aromatic N) is 2. The molecule has 0 spiro atoms. The minimum atomic E-state index is -0.363. The van der Waals surface area contributed by atoms with Gasteiger partial charge in [0.1, 0.15) is 11.9 Å². The molecule has 0 saturated carbocycles. The van der Waals surface area contributed by atoms with E-state index in [4.69, 9.17) is 5.26 Å². The zero-order valence-corrected chi connectivity index (χ0v) is 7.57. The van der Waals surface area contributed by atoms with E-state index >= 15 is 0 Å². The highest BCUT2D eigenvalue weighted by atomic mass is 19.1. The van der Waals surface area contributed by atoms with Crippen molar-refractivity contribution in [2.24, 2.45) is 0 Å². The summed E-state index contributed by atoms with van der Waals surface area (Å²) >= 11 is 0. The predicted molar refractivity (Wildman–Crippen MR) is 52.5 cm³/mol. The molecule has 0 radical (unpaired) electrons. The van der Waals surface area contributed by atoms with E-state index in [1.54, 1.807) is 6.07 Å². The molecule has 14 heavy (non-hydrogen) atoms. The molecule has 1 aromatic rings. The van der Waals surface area contributed by atoms with Gasteiger partial charge in [0.2, 0.25) is 0 Å². The maximum atomic E-state index is 12.8. The topological polar surface area (TPSA) is 27.0 Å². The van der Waals surface area contributed by atoms with E-state index in [-0.39, 0.29) is 5.82 Å². The minimum Gasteiger partial charge on any atom is -0.363 e. The quantitative estimate of drug-likeness (QED) is 0.631. The van der Waals surface area contributed by atoms with Crippen LogP contribution in [0.2, 0.25) is 0 Å². The Hall–Kier alpha value is -1.82. The molecule has 0 aliphatic carbocycles. The van der Waals surface area contributed by atoms with Gasteiger partial charge in [0.15, 0.2) is 0 Å². The lowest BCUT2D eigenvalue weighted by molar-refractivity contribution is 0.627. The number of nitriles is 1. The summed E-state index contributed by atoms with van der Waals surface area (Å²) in [5, 5.41) is 8.84. The molecule has 1 aliphatic heterocycles. The first-order valence-corrected chi connectivity index (χ1v) is 4.41. The summed E-state index contributed by atoms with van der Waals surface area (Å²) in [4.78, 5) is 2.03. The van der Waals surface area contributed by atoms with Crippen LogP contribution in [0.15, 0.2) is 30.4 Å². The number of hydrogen-bond donors (Lipinski definition) is 0. The molecule has 0 N–H and O–H groups in total.